The predicted molar refractivity (Wildman–Crippen MR) is 132 cm³/mol. The van der Waals surface area contributed by atoms with E-state index in [0.717, 1.165) is 11.8 Å². The molecule has 0 spiro atoms. The first-order valence-electron chi connectivity index (χ1n) is 12.2. The molecule has 5 rings (SSSR count). The van der Waals surface area contributed by atoms with E-state index in [1.165, 1.54) is 18.2 Å². The van der Waals surface area contributed by atoms with Crippen molar-refractivity contribution in [1.29, 1.82) is 0 Å². The van der Waals surface area contributed by atoms with Gasteiger partial charge in [-0.05, 0) is 67.5 Å². The summed E-state index contributed by atoms with van der Waals surface area (Å²) in [5.74, 6) is -2.22. The summed E-state index contributed by atoms with van der Waals surface area (Å²) in [6.45, 7) is 3.01. The molecule has 190 valence electrons. The van der Waals surface area contributed by atoms with Gasteiger partial charge in [-0.25, -0.2) is 17.9 Å². The third-order valence-corrected chi connectivity index (χ3v) is 7.99. The SMILES string of the molecule is C[C@H]1C[C@H](c2ccc(F)cc2F)[C@@](N)(C(=O)N2CCC(c3ccnn3-c3ccc(F)c(Cl)c3)CC2)C1. The first kappa shape index (κ1) is 24.8. The molecular formula is C27H28ClF3N4O. The molecular weight excluding hydrogens is 489 g/mol. The highest BCUT2D eigenvalue weighted by atomic mass is 35.5. The number of amides is 1. The number of nitrogens with zero attached hydrogens (tertiary/aromatic N) is 3. The van der Waals surface area contributed by atoms with Crippen molar-refractivity contribution >= 4 is 17.5 Å². The maximum Gasteiger partial charge on any atom is 0.243 e. The average Bonchev–Trinajstić information content (AvgIpc) is 3.45. The van der Waals surface area contributed by atoms with E-state index in [-0.39, 0.29) is 22.8 Å². The van der Waals surface area contributed by atoms with E-state index in [1.54, 1.807) is 27.9 Å². The van der Waals surface area contributed by atoms with Crippen LogP contribution in [0.5, 0.6) is 0 Å². The zero-order chi connectivity index (χ0) is 25.6. The average molecular weight is 517 g/mol. The molecule has 36 heavy (non-hydrogen) atoms. The van der Waals surface area contributed by atoms with E-state index in [0.29, 0.717) is 50.0 Å². The Morgan fingerprint density at radius 2 is 1.83 bits per heavy atom. The van der Waals surface area contributed by atoms with E-state index in [4.69, 9.17) is 17.3 Å². The molecule has 3 aromatic rings. The van der Waals surface area contributed by atoms with Gasteiger partial charge in [-0.2, -0.15) is 5.10 Å². The van der Waals surface area contributed by atoms with Crippen LogP contribution in [0.15, 0.2) is 48.7 Å². The molecule has 1 aromatic heterocycles. The number of carbonyl (C=O) groups is 1. The van der Waals surface area contributed by atoms with Crippen molar-refractivity contribution < 1.29 is 18.0 Å². The highest BCUT2D eigenvalue weighted by Crippen LogP contribution is 2.46. The Hall–Kier alpha value is -2.84. The van der Waals surface area contributed by atoms with E-state index < -0.39 is 28.9 Å². The van der Waals surface area contributed by atoms with Gasteiger partial charge in [-0.15, -0.1) is 0 Å². The van der Waals surface area contributed by atoms with E-state index in [9.17, 15) is 18.0 Å². The normalized spacial score (nSPS) is 24.9. The van der Waals surface area contributed by atoms with Gasteiger partial charge in [0.1, 0.15) is 23.0 Å². The summed E-state index contributed by atoms with van der Waals surface area (Å²) in [5, 5.41) is 4.43. The summed E-state index contributed by atoms with van der Waals surface area (Å²) >= 11 is 5.97. The largest absolute Gasteiger partial charge is 0.341 e. The predicted octanol–water partition coefficient (Wildman–Crippen LogP) is 5.56. The lowest BCUT2D eigenvalue weighted by molar-refractivity contribution is -0.138. The quantitative estimate of drug-likeness (QED) is 0.494. The third kappa shape index (κ3) is 4.41. The van der Waals surface area contributed by atoms with Crippen LogP contribution < -0.4 is 5.73 Å². The van der Waals surface area contributed by atoms with Crippen molar-refractivity contribution in [3.8, 4) is 5.69 Å². The molecule has 0 unspecified atom stereocenters. The van der Waals surface area contributed by atoms with Crippen molar-refractivity contribution in [2.75, 3.05) is 13.1 Å². The number of piperidine rings is 1. The number of likely N-dealkylation sites (tertiary alicyclic amines) is 1. The van der Waals surface area contributed by atoms with Gasteiger partial charge in [-0.3, -0.25) is 4.79 Å². The van der Waals surface area contributed by atoms with Crippen LogP contribution in [0.2, 0.25) is 5.02 Å². The van der Waals surface area contributed by atoms with Crippen molar-refractivity contribution in [2.45, 2.75) is 50.0 Å². The zero-order valence-electron chi connectivity index (χ0n) is 19.9. The molecule has 1 aliphatic carbocycles. The molecule has 3 atom stereocenters. The Bertz CT molecular complexity index is 1290. The monoisotopic (exact) mass is 516 g/mol. The fraction of sp³-hybridized carbons (Fsp3) is 0.407. The number of nitrogens with two attached hydrogens (primary N) is 1. The molecule has 0 bridgehead atoms. The number of carbonyl (C=O) groups excluding carboxylic acids is 1. The van der Waals surface area contributed by atoms with Crippen LogP contribution in [0, 0.1) is 23.4 Å². The fourth-order valence-electron chi connectivity index (χ4n) is 5.97. The summed E-state index contributed by atoms with van der Waals surface area (Å²) < 4.78 is 43.5. The van der Waals surface area contributed by atoms with Crippen LogP contribution in [0.25, 0.3) is 5.69 Å². The van der Waals surface area contributed by atoms with Crippen molar-refractivity contribution in [3.63, 3.8) is 0 Å². The molecule has 9 heteroatoms. The smallest absolute Gasteiger partial charge is 0.243 e. The van der Waals surface area contributed by atoms with Crippen molar-refractivity contribution in [1.82, 2.24) is 14.7 Å². The van der Waals surface area contributed by atoms with Crippen molar-refractivity contribution in [2.24, 2.45) is 11.7 Å². The van der Waals surface area contributed by atoms with Gasteiger partial charge in [0.15, 0.2) is 0 Å². The van der Waals surface area contributed by atoms with Gasteiger partial charge in [-0.1, -0.05) is 24.6 Å². The molecule has 2 N–H and O–H groups in total. The summed E-state index contributed by atoms with van der Waals surface area (Å²) in [4.78, 5) is 15.5. The van der Waals surface area contributed by atoms with Crippen LogP contribution in [0.4, 0.5) is 13.2 Å². The van der Waals surface area contributed by atoms with E-state index in [1.807, 2.05) is 13.0 Å². The van der Waals surface area contributed by atoms with Crippen molar-refractivity contribution in [3.05, 3.63) is 82.4 Å². The van der Waals surface area contributed by atoms with Gasteiger partial charge >= 0.3 is 0 Å². The first-order chi connectivity index (χ1) is 17.2. The lowest BCUT2D eigenvalue weighted by atomic mass is 9.80. The van der Waals surface area contributed by atoms with Gasteiger partial charge in [0.2, 0.25) is 5.91 Å². The molecule has 0 radical (unpaired) electrons. The van der Waals surface area contributed by atoms with Crippen LogP contribution in [0.3, 0.4) is 0 Å². The van der Waals surface area contributed by atoms with E-state index >= 15 is 0 Å². The number of rotatable bonds is 4. The molecule has 1 saturated heterocycles. The van der Waals surface area contributed by atoms with Gasteiger partial charge in [0.05, 0.1) is 10.7 Å². The number of hydrogen-bond acceptors (Lipinski definition) is 3. The number of aromatic nitrogens is 2. The molecule has 1 amide bonds. The Morgan fingerprint density at radius 1 is 1.08 bits per heavy atom. The Labute approximate surface area is 213 Å². The Balaban J connectivity index is 1.32. The molecule has 2 heterocycles. The van der Waals surface area contributed by atoms with Crippen LogP contribution in [-0.4, -0.2) is 39.2 Å². The molecule has 5 nitrogen and oxygen atoms in total. The number of benzene rings is 2. The maximum absolute atomic E-state index is 14.7. The fourth-order valence-corrected chi connectivity index (χ4v) is 6.14. The Morgan fingerprint density at radius 3 is 2.53 bits per heavy atom. The van der Waals surface area contributed by atoms with E-state index in [2.05, 4.69) is 5.10 Å². The second-order valence-corrected chi connectivity index (χ2v) is 10.5. The molecule has 2 aliphatic rings. The number of hydrogen-bond donors (Lipinski definition) is 1. The van der Waals surface area contributed by atoms with Crippen LogP contribution in [0.1, 0.15) is 55.7 Å². The van der Waals surface area contributed by atoms with Gasteiger partial charge < -0.3 is 10.6 Å². The minimum atomic E-state index is -1.24. The topological polar surface area (TPSA) is 64.2 Å². The van der Waals surface area contributed by atoms with Gasteiger partial charge in [0.25, 0.3) is 0 Å². The standard InChI is InChI=1S/C27H28ClF3N4O/c1-16-12-21(20-4-2-18(29)13-24(20)31)27(32,15-16)26(36)34-10-7-17(8-11-34)25-6-9-33-35(25)19-3-5-23(30)22(28)14-19/h2-6,9,13-14,16-17,21H,7-8,10-12,15,32H2,1H3/t16-,21+,27+/m0/s1. The second kappa shape index (κ2) is 9.56. The summed E-state index contributed by atoms with van der Waals surface area (Å²) in [5.41, 5.74) is 7.45. The highest BCUT2D eigenvalue weighted by molar-refractivity contribution is 6.30. The van der Waals surface area contributed by atoms with Crippen LogP contribution >= 0.6 is 11.6 Å². The lowest BCUT2D eigenvalue weighted by Gasteiger charge is -2.39. The first-order valence-corrected chi connectivity index (χ1v) is 12.6. The molecule has 2 fully saturated rings. The third-order valence-electron chi connectivity index (χ3n) is 7.70. The Kier molecular flexibility index (Phi) is 6.59. The minimum Gasteiger partial charge on any atom is -0.341 e. The second-order valence-electron chi connectivity index (χ2n) is 10.1. The minimum absolute atomic E-state index is 0.0283. The molecule has 2 aromatic carbocycles. The number of halogens is 4. The summed E-state index contributed by atoms with van der Waals surface area (Å²) in [6.07, 6.45) is 4.12. The molecule has 1 aliphatic heterocycles. The zero-order valence-corrected chi connectivity index (χ0v) is 20.7. The highest BCUT2D eigenvalue weighted by Gasteiger charge is 2.51. The van der Waals surface area contributed by atoms with Gasteiger partial charge in [0, 0.05) is 42.9 Å². The summed E-state index contributed by atoms with van der Waals surface area (Å²) in [6, 6.07) is 9.90. The maximum atomic E-state index is 14.7. The van der Waals surface area contributed by atoms with Crippen LogP contribution in [-0.2, 0) is 4.79 Å². The summed E-state index contributed by atoms with van der Waals surface area (Å²) in [7, 11) is 0. The molecule has 1 saturated carbocycles. The lowest BCUT2D eigenvalue weighted by Crippen LogP contribution is -2.58.